The normalized spacial score (nSPS) is 20.3. The van der Waals surface area contributed by atoms with Gasteiger partial charge >= 0.3 is 5.69 Å². The maximum atomic E-state index is 13.3. The minimum Gasteiger partial charge on any atom is -0.500 e. The van der Waals surface area contributed by atoms with Crippen LogP contribution in [0, 0.1) is 10.1 Å². The molecule has 8 nitrogen and oxygen atoms in total. The largest absolute Gasteiger partial charge is 0.500 e. The maximum Gasteiger partial charge on any atom is 0.314 e. The number of Topliss-reactive ketones (excluding diaryl/α,β-unsaturated/α-hetero) is 1. The first-order chi connectivity index (χ1) is 15.8. The number of nitrogens with one attached hydrogen (secondary N) is 1. The molecule has 2 atom stereocenters. The third kappa shape index (κ3) is 4.33. The van der Waals surface area contributed by atoms with E-state index in [2.05, 4.69) is 24.4 Å². The number of phenolic OH excluding ortho intramolecular Hbond substituents is 1. The van der Waals surface area contributed by atoms with E-state index >= 15 is 0 Å². The number of rotatable bonds is 6. The summed E-state index contributed by atoms with van der Waals surface area (Å²) in [5.41, 5.74) is 3.21. The van der Waals surface area contributed by atoms with Gasteiger partial charge in [-0.3, -0.25) is 19.7 Å². The Bertz CT molecular complexity index is 1150. The zero-order valence-electron chi connectivity index (χ0n) is 18.6. The van der Waals surface area contributed by atoms with Crippen molar-refractivity contribution in [3.05, 3.63) is 74.5 Å². The summed E-state index contributed by atoms with van der Waals surface area (Å²) in [7, 11) is 0. The van der Waals surface area contributed by atoms with Crippen molar-refractivity contribution in [1.82, 2.24) is 5.32 Å². The number of ketones is 1. The molecule has 1 amide bonds. The highest BCUT2D eigenvalue weighted by atomic mass is 16.6. The maximum absolute atomic E-state index is 13.3. The van der Waals surface area contributed by atoms with E-state index < -0.39 is 22.3 Å². The van der Waals surface area contributed by atoms with Gasteiger partial charge in [0.15, 0.2) is 11.5 Å². The molecule has 172 valence electrons. The van der Waals surface area contributed by atoms with Crippen molar-refractivity contribution in [1.29, 1.82) is 0 Å². The lowest BCUT2D eigenvalue weighted by atomic mass is 9.73. The van der Waals surface area contributed by atoms with Crippen LogP contribution in [0.2, 0.25) is 0 Å². The lowest BCUT2D eigenvalue weighted by molar-refractivity contribution is -0.386. The van der Waals surface area contributed by atoms with Gasteiger partial charge in [-0.15, -0.1) is 0 Å². The number of ether oxygens (including phenoxy) is 1. The average Bonchev–Trinajstić information content (AvgIpc) is 2.79. The van der Waals surface area contributed by atoms with Crippen LogP contribution in [0.1, 0.15) is 61.6 Å². The van der Waals surface area contributed by atoms with Crippen molar-refractivity contribution < 1.29 is 24.4 Å². The minimum atomic E-state index is -0.696. The van der Waals surface area contributed by atoms with Crippen LogP contribution in [0.3, 0.4) is 0 Å². The molecule has 1 aliphatic heterocycles. The Morgan fingerprint density at radius 3 is 2.45 bits per heavy atom. The van der Waals surface area contributed by atoms with Gasteiger partial charge in [-0.2, -0.15) is 0 Å². The van der Waals surface area contributed by atoms with E-state index in [1.54, 1.807) is 6.92 Å². The van der Waals surface area contributed by atoms with Crippen molar-refractivity contribution in [3.63, 3.8) is 0 Å². The smallest absolute Gasteiger partial charge is 0.314 e. The Balaban J connectivity index is 1.74. The van der Waals surface area contributed by atoms with E-state index in [0.29, 0.717) is 29.7 Å². The van der Waals surface area contributed by atoms with Crippen LogP contribution < -0.4 is 10.1 Å². The number of hydrogen-bond donors (Lipinski definition) is 2. The van der Waals surface area contributed by atoms with Gasteiger partial charge in [0.1, 0.15) is 0 Å². The fourth-order valence-electron chi connectivity index (χ4n) is 4.73. The molecule has 0 fully saturated rings. The Hall–Kier alpha value is -3.68. The molecular formula is C25H26N2O6. The Labute approximate surface area is 191 Å². The van der Waals surface area contributed by atoms with Crippen LogP contribution in [0.15, 0.2) is 47.7 Å². The molecule has 0 spiro atoms. The van der Waals surface area contributed by atoms with Crippen molar-refractivity contribution in [2.45, 2.75) is 51.4 Å². The number of aromatic hydroxyl groups is 1. The third-order valence-corrected chi connectivity index (χ3v) is 6.37. The minimum absolute atomic E-state index is 0.00602. The molecule has 2 aromatic carbocycles. The van der Waals surface area contributed by atoms with E-state index in [1.165, 1.54) is 17.7 Å². The highest BCUT2D eigenvalue weighted by molar-refractivity contribution is 6.02. The summed E-state index contributed by atoms with van der Waals surface area (Å²) in [5, 5.41) is 24.6. The number of amides is 1. The van der Waals surface area contributed by atoms with Crippen LogP contribution in [-0.2, 0) is 16.0 Å². The van der Waals surface area contributed by atoms with Crippen LogP contribution in [0.4, 0.5) is 5.69 Å². The summed E-state index contributed by atoms with van der Waals surface area (Å²) in [6, 6.07) is 10.9. The molecule has 0 saturated carbocycles. The summed E-state index contributed by atoms with van der Waals surface area (Å²) in [6.45, 7) is 3.98. The predicted octanol–water partition coefficient (Wildman–Crippen LogP) is 4.27. The molecule has 0 aromatic heterocycles. The number of nitro benzene ring substituents is 1. The lowest BCUT2D eigenvalue weighted by Gasteiger charge is -2.34. The summed E-state index contributed by atoms with van der Waals surface area (Å²) >= 11 is 0. The SMILES string of the molecule is CCOc1cc(C2CC(=O)NC3=C2C(=O)CC(c2ccc(CC)cc2)C3)cc([N+](=O)[O-])c1O. The number of allylic oxidation sites excluding steroid dienone is 2. The molecule has 2 unspecified atom stereocenters. The predicted molar refractivity (Wildman–Crippen MR) is 121 cm³/mol. The molecule has 2 aliphatic rings. The van der Waals surface area contributed by atoms with E-state index in [0.717, 1.165) is 12.0 Å². The molecule has 8 heteroatoms. The highest BCUT2D eigenvalue weighted by Gasteiger charge is 2.39. The Kier molecular flexibility index (Phi) is 6.18. The van der Waals surface area contributed by atoms with Crippen molar-refractivity contribution in [2.75, 3.05) is 6.61 Å². The quantitative estimate of drug-likeness (QED) is 0.501. The van der Waals surface area contributed by atoms with Crippen molar-refractivity contribution >= 4 is 17.4 Å². The summed E-state index contributed by atoms with van der Waals surface area (Å²) in [5.74, 6) is -1.61. The van der Waals surface area contributed by atoms with Crippen molar-refractivity contribution in [3.8, 4) is 11.5 Å². The topological polar surface area (TPSA) is 119 Å². The number of benzene rings is 2. The van der Waals surface area contributed by atoms with E-state index in [9.17, 15) is 24.8 Å². The molecule has 0 radical (unpaired) electrons. The third-order valence-electron chi connectivity index (χ3n) is 6.37. The van der Waals surface area contributed by atoms with E-state index in [1.807, 2.05) is 12.1 Å². The van der Waals surface area contributed by atoms with Gasteiger partial charge in [0, 0.05) is 36.1 Å². The summed E-state index contributed by atoms with van der Waals surface area (Å²) in [4.78, 5) is 36.7. The van der Waals surface area contributed by atoms with E-state index in [4.69, 9.17) is 4.74 Å². The van der Waals surface area contributed by atoms with Crippen LogP contribution in [0.25, 0.3) is 0 Å². The van der Waals surface area contributed by atoms with Crippen molar-refractivity contribution in [2.24, 2.45) is 0 Å². The Morgan fingerprint density at radius 1 is 1.09 bits per heavy atom. The van der Waals surface area contributed by atoms with Crippen LogP contribution in [-0.4, -0.2) is 28.3 Å². The second kappa shape index (κ2) is 9.05. The van der Waals surface area contributed by atoms with Gasteiger partial charge in [0.25, 0.3) is 0 Å². The molecule has 0 saturated heterocycles. The summed E-state index contributed by atoms with van der Waals surface area (Å²) in [6.07, 6.45) is 1.73. The lowest BCUT2D eigenvalue weighted by Crippen LogP contribution is -2.38. The second-order valence-corrected chi connectivity index (χ2v) is 8.40. The van der Waals surface area contributed by atoms with Gasteiger partial charge in [-0.1, -0.05) is 31.2 Å². The number of aryl methyl sites for hydroxylation is 1. The van der Waals surface area contributed by atoms with Gasteiger partial charge < -0.3 is 15.2 Å². The Morgan fingerprint density at radius 2 is 1.82 bits per heavy atom. The standard InChI is InChI=1S/C25H26N2O6/c1-3-14-5-7-15(8-6-14)16-9-19-24(21(28)11-16)18(13-23(29)26-19)17-10-20(27(31)32)25(30)22(12-17)33-4-2/h5-8,10,12,16,18,30H,3-4,9,11,13H2,1-2H3,(H,26,29). The first-order valence-electron chi connectivity index (χ1n) is 11.1. The zero-order chi connectivity index (χ0) is 23.7. The van der Waals surface area contributed by atoms with E-state index in [-0.39, 0.29) is 36.4 Å². The molecule has 4 rings (SSSR count). The molecule has 2 N–H and O–H groups in total. The van der Waals surface area contributed by atoms with Gasteiger partial charge in [0.05, 0.1) is 11.5 Å². The number of phenols is 1. The first kappa shape index (κ1) is 22.5. The molecular weight excluding hydrogens is 424 g/mol. The van der Waals surface area contributed by atoms with Crippen LogP contribution in [0.5, 0.6) is 11.5 Å². The fraction of sp³-hybridized carbons (Fsp3) is 0.360. The number of hydrogen-bond acceptors (Lipinski definition) is 6. The van der Waals surface area contributed by atoms with Gasteiger partial charge in [-0.25, -0.2) is 0 Å². The first-order valence-corrected chi connectivity index (χ1v) is 11.1. The number of nitrogens with zero attached hydrogens (tertiary/aromatic N) is 1. The molecule has 0 bridgehead atoms. The molecule has 33 heavy (non-hydrogen) atoms. The number of carbonyl (C=O) groups excluding carboxylic acids is 2. The second-order valence-electron chi connectivity index (χ2n) is 8.40. The molecule has 1 aliphatic carbocycles. The number of carbonyl (C=O) groups is 2. The molecule has 1 heterocycles. The van der Waals surface area contributed by atoms with Gasteiger partial charge in [0.2, 0.25) is 11.7 Å². The summed E-state index contributed by atoms with van der Waals surface area (Å²) < 4.78 is 5.39. The molecule has 2 aromatic rings. The van der Waals surface area contributed by atoms with Gasteiger partial charge in [-0.05, 0) is 48.4 Å². The number of nitro groups is 1. The zero-order valence-corrected chi connectivity index (χ0v) is 18.6. The average molecular weight is 450 g/mol. The monoisotopic (exact) mass is 450 g/mol. The fourth-order valence-corrected chi connectivity index (χ4v) is 4.73. The van der Waals surface area contributed by atoms with Crippen LogP contribution >= 0.6 is 0 Å². The highest BCUT2D eigenvalue weighted by Crippen LogP contribution is 2.46.